The van der Waals surface area contributed by atoms with E-state index in [9.17, 15) is 0 Å². The summed E-state index contributed by atoms with van der Waals surface area (Å²) in [5.41, 5.74) is 3.04. The summed E-state index contributed by atoms with van der Waals surface area (Å²) in [5.74, 6) is 1.43. The molecule has 0 fully saturated rings. The number of ether oxygens (including phenoxy) is 2. The number of nitrogens with zero attached hydrogens (tertiary/aromatic N) is 1. The van der Waals surface area contributed by atoms with Crippen molar-refractivity contribution in [3.05, 3.63) is 59.3 Å². The molecular formula is C23H30N2O2S. The SMILES string of the molecule is CCCC(CCC)Oc1cc(C(=N)S/C=C(\C)c2ccncc2)ccc1OC. The number of nitrogens with one attached hydrogen (secondary N) is 1. The van der Waals surface area contributed by atoms with Crippen LogP contribution in [0.25, 0.3) is 5.57 Å². The predicted molar refractivity (Wildman–Crippen MR) is 120 cm³/mol. The van der Waals surface area contributed by atoms with E-state index in [0.717, 1.165) is 42.4 Å². The van der Waals surface area contributed by atoms with Crippen molar-refractivity contribution < 1.29 is 9.47 Å². The van der Waals surface area contributed by atoms with Crippen molar-refractivity contribution in [2.75, 3.05) is 7.11 Å². The van der Waals surface area contributed by atoms with Crippen LogP contribution in [-0.4, -0.2) is 23.2 Å². The number of benzene rings is 1. The Morgan fingerprint density at radius 1 is 1.07 bits per heavy atom. The fourth-order valence-corrected chi connectivity index (χ4v) is 3.59. The van der Waals surface area contributed by atoms with E-state index in [0.29, 0.717) is 16.5 Å². The van der Waals surface area contributed by atoms with Crippen LogP contribution in [-0.2, 0) is 0 Å². The first-order valence-corrected chi connectivity index (χ1v) is 10.6. The molecule has 1 N–H and O–H groups in total. The summed E-state index contributed by atoms with van der Waals surface area (Å²) in [4.78, 5) is 4.04. The van der Waals surface area contributed by atoms with Crippen molar-refractivity contribution in [3.63, 3.8) is 0 Å². The molecule has 0 atom stereocenters. The van der Waals surface area contributed by atoms with E-state index in [2.05, 4.69) is 18.8 Å². The van der Waals surface area contributed by atoms with Gasteiger partial charge in [0.05, 0.1) is 18.3 Å². The fourth-order valence-electron chi connectivity index (χ4n) is 2.89. The Labute approximate surface area is 172 Å². The van der Waals surface area contributed by atoms with E-state index >= 15 is 0 Å². The molecule has 0 amide bonds. The van der Waals surface area contributed by atoms with Crippen molar-refractivity contribution in [2.45, 2.75) is 52.6 Å². The first kappa shape index (κ1) is 22.0. The minimum absolute atomic E-state index is 0.176. The van der Waals surface area contributed by atoms with Crippen molar-refractivity contribution in [2.24, 2.45) is 0 Å². The van der Waals surface area contributed by atoms with Gasteiger partial charge in [0.2, 0.25) is 0 Å². The van der Waals surface area contributed by atoms with Crippen LogP contribution in [0.4, 0.5) is 0 Å². The van der Waals surface area contributed by atoms with Gasteiger partial charge in [0.25, 0.3) is 0 Å². The minimum atomic E-state index is 0.176. The average molecular weight is 399 g/mol. The summed E-state index contributed by atoms with van der Waals surface area (Å²) in [5, 5.41) is 10.9. The van der Waals surface area contributed by atoms with E-state index in [1.807, 2.05) is 42.7 Å². The van der Waals surface area contributed by atoms with Crippen LogP contribution < -0.4 is 9.47 Å². The van der Waals surface area contributed by atoms with Crippen LogP contribution >= 0.6 is 11.8 Å². The van der Waals surface area contributed by atoms with Crippen LogP contribution in [0.2, 0.25) is 0 Å². The Balaban J connectivity index is 2.15. The smallest absolute Gasteiger partial charge is 0.162 e. The zero-order valence-electron chi connectivity index (χ0n) is 17.2. The summed E-state index contributed by atoms with van der Waals surface area (Å²) in [7, 11) is 1.65. The number of allylic oxidation sites excluding steroid dienone is 1. The Morgan fingerprint density at radius 3 is 2.36 bits per heavy atom. The highest BCUT2D eigenvalue weighted by atomic mass is 32.2. The molecule has 2 aromatic rings. The molecule has 0 saturated carbocycles. The number of aromatic nitrogens is 1. The van der Waals surface area contributed by atoms with Crippen molar-refractivity contribution in [3.8, 4) is 11.5 Å². The molecule has 0 saturated heterocycles. The van der Waals surface area contributed by atoms with Gasteiger partial charge < -0.3 is 9.47 Å². The molecule has 0 unspecified atom stereocenters. The Bertz CT molecular complexity index is 784. The number of hydrogen-bond donors (Lipinski definition) is 1. The second-order valence-electron chi connectivity index (χ2n) is 6.67. The molecule has 1 heterocycles. The van der Waals surface area contributed by atoms with E-state index in [1.165, 1.54) is 11.8 Å². The van der Waals surface area contributed by atoms with Gasteiger partial charge in [-0.05, 0) is 66.6 Å². The first-order chi connectivity index (χ1) is 13.6. The molecule has 0 aliphatic heterocycles. The van der Waals surface area contributed by atoms with Crippen LogP contribution in [0.5, 0.6) is 11.5 Å². The second-order valence-corrected chi connectivity index (χ2v) is 7.55. The van der Waals surface area contributed by atoms with E-state index < -0.39 is 0 Å². The van der Waals surface area contributed by atoms with Crippen molar-refractivity contribution in [1.82, 2.24) is 4.98 Å². The zero-order valence-corrected chi connectivity index (χ0v) is 18.0. The fraction of sp³-hybridized carbons (Fsp3) is 0.391. The van der Waals surface area contributed by atoms with Crippen LogP contribution in [0.3, 0.4) is 0 Å². The highest BCUT2D eigenvalue weighted by Gasteiger charge is 2.14. The van der Waals surface area contributed by atoms with E-state index in [4.69, 9.17) is 14.9 Å². The average Bonchev–Trinajstić information content (AvgIpc) is 2.72. The van der Waals surface area contributed by atoms with Gasteiger partial charge in [-0.15, -0.1) is 0 Å². The van der Waals surface area contributed by atoms with Crippen molar-refractivity contribution in [1.29, 1.82) is 5.41 Å². The van der Waals surface area contributed by atoms with Crippen LogP contribution in [0.15, 0.2) is 48.1 Å². The van der Waals surface area contributed by atoms with Gasteiger partial charge in [0.15, 0.2) is 11.5 Å². The molecule has 5 heteroatoms. The molecule has 1 aromatic heterocycles. The van der Waals surface area contributed by atoms with Gasteiger partial charge in [-0.3, -0.25) is 10.4 Å². The normalized spacial score (nSPS) is 11.5. The number of rotatable bonds is 10. The maximum atomic E-state index is 8.46. The maximum absolute atomic E-state index is 8.46. The first-order valence-electron chi connectivity index (χ1n) is 9.76. The predicted octanol–water partition coefficient (Wildman–Crippen LogP) is 6.56. The maximum Gasteiger partial charge on any atom is 0.162 e. The Morgan fingerprint density at radius 2 is 1.75 bits per heavy atom. The summed E-state index contributed by atoms with van der Waals surface area (Å²) in [6, 6.07) is 9.65. The zero-order chi connectivity index (χ0) is 20.4. The number of pyridine rings is 1. The molecular weight excluding hydrogens is 368 g/mol. The lowest BCUT2D eigenvalue weighted by molar-refractivity contribution is 0.172. The monoisotopic (exact) mass is 398 g/mol. The Hall–Kier alpha value is -2.27. The topological polar surface area (TPSA) is 55.2 Å². The van der Waals surface area contributed by atoms with Crippen LogP contribution in [0, 0.1) is 5.41 Å². The van der Waals surface area contributed by atoms with Crippen LogP contribution in [0.1, 0.15) is 57.6 Å². The third-order valence-corrected chi connectivity index (χ3v) is 5.37. The molecule has 1 aromatic carbocycles. The highest BCUT2D eigenvalue weighted by molar-refractivity contribution is 8.16. The molecule has 150 valence electrons. The molecule has 4 nitrogen and oxygen atoms in total. The summed E-state index contributed by atoms with van der Waals surface area (Å²) in [6.45, 7) is 6.38. The molecule has 0 aliphatic carbocycles. The van der Waals surface area contributed by atoms with Gasteiger partial charge in [0, 0.05) is 18.0 Å². The second kappa shape index (κ2) is 11.5. The van der Waals surface area contributed by atoms with E-state index in [-0.39, 0.29) is 6.10 Å². The molecule has 28 heavy (non-hydrogen) atoms. The van der Waals surface area contributed by atoms with Gasteiger partial charge in [-0.1, -0.05) is 38.5 Å². The summed E-state index contributed by atoms with van der Waals surface area (Å²) >= 11 is 1.40. The lowest BCUT2D eigenvalue weighted by Crippen LogP contribution is -2.16. The van der Waals surface area contributed by atoms with Crippen molar-refractivity contribution >= 4 is 22.4 Å². The van der Waals surface area contributed by atoms with E-state index in [1.54, 1.807) is 19.5 Å². The molecule has 2 rings (SSSR count). The Kier molecular flexibility index (Phi) is 9.08. The molecule has 0 spiro atoms. The summed E-state index contributed by atoms with van der Waals surface area (Å²) in [6.07, 6.45) is 7.92. The number of methoxy groups -OCH3 is 1. The molecule has 0 bridgehead atoms. The quantitative estimate of drug-likeness (QED) is 0.364. The third kappa shape index (κ3) is 6.41. The largest absolute Gasteiger partial charge is 0.493 e. The lowest BCUT2D eigenvalue weighted by Gasteiger charge is -2.20. The minimum Gasteiger partial charge on any atom is -0.493 e. The summed E-state index contributed by atoms with van der Waals surface area (Å²) < 4.78 is 11.7. The lowest BCUT2D eigenvalue weighted by atomic mass is 10.1. The van der Waals surface area contributed by atoms with Gasteiger partial charge >= 0.3 is 0 Å². The number of thioether (sulfide) groups is 1. The van der Waals surface area contributed by atoms with Gasteiger partial charge in [-0.2, -0.15) is 0 Å². The molecule has 0 radical (unpaired) electrons. The van der Waals surface area contributed by atoms with Gasteiger partial charge in [0.1, 0.15) is 0 Å². The molecule has 0 aliphatic rings. The number of hydrogen-bond acceptors (Lipinski definition) is 5. The third-order valence-electron chi connectivity index (χ3n) is 4.43. The highest BCUT2D eigenvalue weighted by Crippen LogP contribution is 2.32. The van der Waals surface area contributed by atoms with Gasteiger partial charge in [-0.25, -0.2) is 0 Å². The standard InChI is InChI=1S/C23H30N2O2S/c1-5-7-20(8-6-2)27-22-15-19(9-10-21(22)26-4)23(24)28-16-17(3)18-11-13-25-14-12-18/h9-16,20,24H,5-8H2,1-4H3/b17-16+,24-23?.